The van der Waals surface area contributed by atoms with Gasteiger partial charge in [0.25, 0.3) is 0 Å². The average Bonchev–Trinajstić information content (AvgIpc) is 2.54. The van der Waals surface area contributed by atoms with Crippen LogP contribution in [0.15, 0.2) is 24.3 Å². The molecule has 0 aliphatic carbocycles. The van der Waals surface area contributed by atoms with E-state index in [9.17, 15) is 0 Å². The van der Waals surface area contributed by atoms with Crippen molar-refractivity contribution in [3.8, 4) is 0 Å². The molecule has 2 aromatic heterocycles. The molecule has 0 unspecified atom stereocenters. The Morgan fingerprint density at radius 2 is 2.07 bits per heavy atom. The van der Waals surface area contributed by atoms with Crippen molar-refractivity contribution in [2.45, 2.75) is 0 Å². The number of benzene rings is 1. The molecule has 2 heterocycles. The Morgan fingerprint density at radius 1 is 1.27 bits per heavy atom. The fraction of sp³-hybridized carbons (Fsp3) is 0. The van der Waals surface area contributed by atoms with Crippen molar-refractivity contribution in [1.82, 2.24) is 14.4 Å². The van der Waals surface area contributed by atoms with E-state index >= 15 is 0 Å². The SMILES string of the molecule is N=c1nc(N)n2c(n1)sc1ccccc12. The van der Waals surface area contributed by atoms with Crippen LogP contribution in [0.1, 0.15) is 0 Å². The number of fused-ring (bicyclic) bond motifs is 3. The van der Waals surface area contributed by atoms with Gasteiger partial charge in [-0.05, 0) is 12.1 Å². The third-order valence-corrected chi connectivity index (χ3v) is 3.17. The molecular formula is C9H7N5S. The average molecular weight is 217 g/mol. The van der Waals surface area contributed by atoms with Gasteiger partial charge in [-0.1, -0.05) is 23.5 Å². The molecular weight excluding hydrogens is 210 g/mol. The molecule has 0 saturated heterocycles. The van der Waals surface area contributed by atoms with E-state index in [4.69, 9.17) is 11.1 Å². The molecule has 15 heavy (non-hydrogen) atoms. The van der Waals surface area contributed by atoms with Crippen molar-refractivity contribution in [3.05, 3.63) is 29.9 Å². The number of hydrogen-bond acceptors (Lipinski definition) is 5. The van der Waals surface area contributed by atoms with Gasteiger partial charge in [-0.2, -0.15) is 9.97 Å². The summed E-state index contributed by atoms with van der Waals surface area (Å²) in [6.07, 6.45) is 0. The summed E-state index contributed by atoms with van der Waals surface area (Å²) >= 11 is 1.50. The quantitative estimate of drug-likeness (QED) is 0.589. The molecule has 3 N–H and O–H groups in total. The lowest BCUT2D eigenvalue weighted by Crippen LogP contribution is -2.15. The Labute approximate surface area is 88.3 Å². The van der Waals surface area contributed by atoms with Crippen LogP contribution in [0.4, 0.5) is 5.95 Å². The fourth-order valence-corrected chi connectivity index (χ4v) is 2.57. The molecule has 0 spiro atoms. The van der Waals surface area contributed by atoms with E-state index in [1.54, 1.807) is 4.40 Å². The first-order valence-corrected chi connectivity index (χ1v) is 5.16. The van der Waals surface area contributed by atoms with Crippen LogP contribution in [-0.4, -0.2) is 14.4 Å². The minimum absolute atomic E-state index is 0.0425. The number of nitrogens with two attached hydrogens (primary N) is 1. The second-order valence-corrected chi connectivity index (χ2v) is 4.10. The molecule has 1 aromatic carbocycles. The van der Waals surface area contributed by atoms with Crippen LogP contribution >= 0.6 is 11.3 Å². The van der Waals surface area contributed by atoms with Gasteiger partial charge in [0.2, 0.25) is 16.5 Å². The van der Waals surface area contributed by atoms with Crippen molar-refractivity contribution in [2.75, 3.05) is 5.73 Å². The maximum Gasteiger partial charge on any atom is 0.247 e. The Hall–Kier alpha value is -1.95. The molecule has 74 valence electrons. The number of thiazole rings is 1. The molecule has 0 radical (unpaired) electrons. The van der Waals surface area contributed by atoms with Gasteiger partial charge in [0.05, 0.1) is 10.2 Å². The van der Waals surface area contributed by atoms with Crippen LogP contribution < -0.4 is 11.4 Å². The van der Waals surface area contributed by atoms with Gasteiger partial charge in [0, 0.05) is 0 Å². The first-order chi connectivity index (χ1) is 7.25. The third kappa shape index (κ3) is 1.11. The maximum absolute atomic E-state index is 7.38. The van der Waals surface area contributed by atoms with Gasteiger partial charge in [-0.15, -0.1) is 0 Å². The predicted octanol–water partition coefficient (Wildman–Crippen LogP) is 1.01. The molecule has 0 amide bonds. The smallest absolute Gasteiger partial charge is 0.247 e. The monoisotopic (exact) mass is 217 g/mol. The summed E-state index contributed by atoms with van der Waals surface area (Å²) in [4.78, 5) is 8.56. The standard InChI is InChI=1S/C9H7N5S/c10-7-12-8(11)14-5-3-1-2-4-6(5)15-9(14)13-7/h1-4H,(H3,10,11,12). The van der Waals surface area contributed by atoms with Crippen molar-refractivity contribution < 1.29 is 0 Å². The number of anilines is 1. The first-order valence-electron chi connectivity index (χ1n) is 4.34. The van der Waals surface area contributed by atoms with E-state index in [1.807, 2.05) is 24.3 Å². The maximum atomic E-state index is 7.38. The van der Waals surface area contributed by atoms with Crippen LogP contribution in [0.5, 0.6) is 0 Å². The Bertz CT molecular complexity index is 711. The third-order valence-electron chi connectivity index (χ3n) is 2.15. The van der Waals surface area contributed by atoms with E-state index in [2.05, 4.69) is 9.97 Å². The second-order valence-electron chi connectivity index (χ2n) is 3.09. The van der Waals surface area contributed by atoms with Crippen molar-refractivity contribution >= 4 is 32.5 Å². The van der Waals surface area contributed by atoms with Crippen molar-refractivity contribution in [3.63, 3.8) is 0 Å². The van der Waals surface area contributed by atoms with Crippen LogP contribution in [0, 0.1) is 5.41 Å². The van der Waals surface area contributed by atoms with E-state index in [-0.39, 0.29) is 5.62 Å². The minimum atomic E-state index is -0.0425. The predicted molar refractivity (Wildman–Crippen MR) is 58.6 cm³/mol. The normalized spacial score (nSPS) is 11.2. The zero-order valence-electron chi connectivity index (χ0n) is 7.64. The van der Waals surface area contributed by atoms with Crippen LogP contribution in [0.25, 0.3) is 15.2 Å². The fourth-order valence-electron chi connectivity index (χ4n) is 1.54. The zero-order chi connectivity index (χ0) is 10.4. The number of aromatic nitrogens is 3. The van der Waals surface area contributed by atoms with Gasteiger partial charge in [-0.3, -0.25) is 9.81 Å². The molecule has 3 aromatic rings. The van der Waals surface area contributed by atoms with Crippen LogP contribution in [-0.2, 0) is 0 Å². The number of nitrogens with one attached hydrogen (secondary N) is 1. The van der Waals surface area contributed by atoms with E-state index in [0.717, 1.165) is 10.2 Å². The van der Waals surface area contributed by atoms with E-state index in [0.29, 0.717) is 10.9 Å². The Balaban J connectivity index is 2.67. The lowest BCUT2D eigenvalue weighted by atomic mass is 10.3. The number of para-hydroxylation sites is 1. The summed E-state index contributed by atoms with van der Waals surface area (Å²) in [6.45, 7) is 0. The van der Waals surface area contributed by atoms with Gasteiger partial charge >= 0.3 is 0 Å². The number of rotatable bonds is 0. The van der Waals surface area contributed by atoms with Gasteiger partial charge in [0.1, 0.15) is 0 Å². The topological polar surface area (TPSA) is 80.1 Å². The molecule has 0 aliphatic heterocycles. The van der Waals surface area contributed by atoms with Crippen molar-refractivity contribution in [1.29, 1.82) is 5.41 Å². The van der Waals surface area contributed by atoms with E-state index < -0.39 is 0 Å². The highest BCUT2D eigenvalue weighted by Crippen LogP contribution is 2.25. The molecule has 0 fully saturated rings. The molecule has 0 saturated carbocycles. The first kappa shape index (κ1) is 8.37. The number of nitrogen functional groups attached to an aromatic ring is 1. The molecule has 0 bridgehead atoms. The molecule has 0 aliphatic rings. The summed E-state index contributed by atoms with van der Waals surface area (Å²) in [5, 5.41) is 7.38. The molecule has 3 rings (SSSR count). The molecule has 0 atom stereocenters. The van der Waals surface area contributed by atoms with E-state index in [1.165, 1.54) is 11.3 Å². The molecule has 5 nitrogen and oxygen atoms in total. The van der Waals surface area contributed by atoms with Crippen LogP contribution in [0.3, 0.4) is 0 Å². The largest absolute Gasteiger partial charge is 0.369 e. The Morgan fingerprint density at radius 3 is 2.93 bits per heavy atom. The highest BCUT2D eigenvalue weighted by Gasteiger charge is 2.07. The minimum Gasteiger partial charge on any atom is -0.369 e. The molecule has 6 heteroatoms. The second kappa shape index (κ2) is 2.77. The highest BCUT2D eigenvalue weighted by molar-refractivity contribution is 7.23. The van der Waals surface area contributed by atoms with Crippen molar-refractivity contribution in [2.24, 2.45) is 0 Å². The lowest BCUT2D eigenvalue weighted by molar-refractivity contribution is 0.944. The summed E-state index contributed by atoms with van der Waals surface area (Å²) in [5.41, 5.74) is 6.71. The highest BCUT2D eigenvalue weighted by atomic mass is 32.1. The summed E-state index contributed by atoms with van der Waals surface area (Å²) < 4.78 is 2.85. The Kier molecular flexibility index (Phi) is 1.54. The number of nitrogens with zero attached hydrogens (tertiary/aromatic N) is 3. The zero-order valence-corrected chi connectivity index (χ0v) is 8.45. The van der Waals surface area contributed by atoms with Gasteiger partial charge in [-0.25, -0.2) is 0 Å². The van der Waals surface area contributed by atoms with Gasteiger partial charge < -0.3 is 5.73 Å². The summed E-state index contributed by atoms with van der Waals surface area (Å²) in [7, 11) is 0. The summed E-state index contributed by atoms with van der Waals surface area (Å²) in [5.74, 6) is 0.308. The summed E-state index contributed by atoms with van der Waals surface area (Å²) in [6, 6.07) is 7.86. The van der Waals surface area contributed by atoms with Crippen LogP contribution in [0.2, 0.25) is 0 Å². The van der Waals surface area contributed by atoms with Gasteiger partial charge in [0.15, 0.2) is 0 Å². The number of hydrogen-bond donors (Lipinski definition) is 2. The lowest BCUT2D eigenvalue weighted by Gasteiger charge is -1.97.